The van der Waals surface area contributed by atoms with Gasteiger partial charge in [-0.2, -0.15) is 10.2 Å². The van der Waals surface area contributed by atoms with E-state index in [-0.39, 0.29) is 17.9 Å². The molecule has 0 radical (unpaired) electrons. The molecule has 1 aliphatic heterocycles. The summed E-state index contributed by atoms with van der Waals surface area (Å²) >= 11 is 6.42. The van der Waals surface area contributed by atoms with E-state index in [1.165, 1.54) is 6.20 Å². The zero-order valence-electron chi connectivity index (χ0n) is 22.0. The number of halogens is 1. The van der Waals surface area contributed by atoms with Gasteiger partial charge in [0.05, 0.1) is 18.5 Å². The SMILES string of the molecule is COCCN1C(=O)CCC(C)(C)c2ccc(Nc3ncc(Cl)c(Nc4c(C)cccc4OCC#N)n3)cc21. The Morgan fingerprint density at radius 3 is 2.82 bits per heavy atom. The van der Waals surface area contributed by atoms with E-state index in [1.807, 2.05) is 37.3 Å². The van der Waals surface area contributed by atoms with Crippen LogP contribution in [-0.4, -0.2) is 42.7 Å². The summed E-state index contributed by atoms with van der Waals surface area (Å²) in [4.78, 5) is 23.7. The molecule has 10 heteroatoms. The third kappa shape index (κ3) is 5.98. The van der Waals surface area contributed by atoms with Crippen LogP contribution in [-0.2, 0) is 14.9 Å². The quantitative estimate of drug-likeness (QED) is 0.350. The maximum Gasteiger partial charge on any atom is 0.229 e. The molecule has 0 spiro atoms. The lowest BCUT2D eigenvalue weighted by Crippen LogP contribution is -2.33. The predicted octanol–water partition coefficient (Wildman–Crippen LogP) is 5.88. The molecule has 38 heavy (non-hydrogen) atoms. The predicted molar refractivity (Wildman–Crippen MR) is 149 cm³/mol. The molecule has 198 valence electrons. The van der Waals surface area contributed by atoms with Crippen LogP contribution in [0, 0.1) is 18.3 Å². The Hall–Kier alpha value is -3.87. The first kappa shape index (κ1) is 27.2. The van der Waals surface area contributed by atoms with Crippen molar-refractivity contribution in [3.8, 4) is 11.8 Å². The van der Waals surface area contributed by atoms with Crippen LogP contribution in [0.4, 0.5) is 28.8 Å². The molecule has 0 atom stereocenters. The number of benzene rings is 2. The molecule has 0 bridgehead atoms. The van der Waals surface area contributed by atoms with Crippen LogP contribution in [0.25, 0.3) is 0 Å². The normalized spacial score (nSPS) is 14.3. The van der Waals surface area contributed by atoms with Crippen molar-refractivity contribution < 1.29 is 14.3 Å². The van der Waals surface area contributed by atoms with E-state index >= 15 is 0 Å². The Bertz CT molecular complexity index is 1370. The van der Waals surface area contributed by atoms with Crippen LogP contribution in [0.2, 0.25) is 5.02 Å². The Kier molecular flexibility index (Phi) is 8.35. The van der Waals surface area contributed by atoms with Crippen molar-refractivity contribution in [2.45, 2.75) is 39.0 Å². The second-order valence-corrected chi connectivity index (χ2v) is 10.1. The molecule has 1 aliphatic rings. The number of anilines is 5. The second kappa shape index (κ2) is 11.7. The van der Waals surface area contributed by atoms with Crippen LogP contribution < -0.4 is 20.3 Å². The number of carbonyl (C=O) groups excluding carboxylic acids is 1. The zero-order chi connectivity index (χ0) is 27.3. The van der Waals surface area contributed by atoms with Crippen LogP contribution in [0.5, 0.6) is 5.75 Å². The molecule has 3 aromatic rings. The van der Waals surface area contributed by atoms with Gasteiger partial charge in [-0.1, -0.05) is 43.6 Å². The van der Waals surface area contributed by atoms with Crippen LogP contribution >= 0.6 is 11.6 Å². The first-order valence-electron chi connectivity index (χ1n) is 12.3. The fourth-order valence-corrected chi connectivity index (χ4v) is 4.59. The van der Waals surface area contributed by atoms with Crippen LogP contribution in [0.15, 0.2) is 42.6 Å². The fraction of sp³-hybridized carbons (Fsp3) is 0.357. The molecule has 9 nitrogen and oxygen atoms in total. The van der Waals surface area contributed by atoms with E-state index in [2.05, 4.69) is 40.5 Å². The van der Waals surface area contributed by atoms with Gasteiger partial charge in [-0.25, -0.2) is 4.98 Å². The fourth-order valence-electron chi connectivity index (χ4n) is 4.45. The minimum Gasteiger partial charge on any atom is -0.477 e. The van der Waals surface area contributed by atoms with Gasteiger partial charge in [0.1, 0.15) is 16.8 Å². The van der Waals surface area contributed by atoms with E-state index in [0.29, 0.717) is 47.8 Å². The molecule has 0 fully saturated rings. The summed E-state index contributed by atoms with van der Waals surface area (Å²) in [5.74, 6) is 1.30. The summed E-state index contributed by atoms with van der Waals surface area (Å²) in [5, 5.41) is 15.7. The standard InChI is InChI=1S/C28H31ClN6O3/c1-18-6-5-7-23(38-14-12-30)25(18)33-26-21(29)17-31-27(34-26)32-19-8-9-20-22(16-19)35(13-15-37-4)24(36)10-11-28(20,2)3/h5-9,16-17H,10-11,13-15H2,1-4H3,(H2,31,32,33,34). The third-order valence-electron chi connectivity index (χ3n) is 6.57. The number of fused-ring (bicyclic) bond motifs is 1. The monoisotopic (exact) mass is 534 g/mol. The van der Waals surface area contributed by atoms with E-state index in [1.54, 1.807) is 18.1 Å². The van der Waals surface area contributed by atoms with Gasteiger partial charge in [0.2, 0.25) is 11.9 Å². The number of nitrogens with zero attached hydrogens (tertiary/aromatic N) is 4. The lowest BCUT2D eigenvalue weighted by Gasteiger charge is -2.28. The molecule has 2 aromatic carbocycles. The largest absolute Gasteiger partial charge is 0.477 e. The van der Waals surface area contributed by atoms with Crippen LogP contribution in [0.3, 0.4) is 0 Å². The van der Waals surface area contributed by atoms with Gasteiger partial charge >= 0.3 is 0 Å². The van der Waals surface area contributed by atoms with Crippen molar-refractivity contribution in [2.24, 2.45) is 0 Å². The molecule has 2 N–H and O–H groups in total. The lowest BCUT2D eigenvalue weighted by molar-refractivity contribution is -0.118. The molecule has 0 saturated carbocycles. The highest BCUT2D eigenvalue weighted by Crippen LogP contribution is 2.41. The molecule has 1 amide bonds. The van der Waals surface area contributed by atoms with Gasteiger partial charge in [-0.05, 0) is 48.1 Å². The highest BCUT2D eigenvalue weighted by molar-refractivity contribution is 6.33. The minimum atomic E-state index is -0.155. The van der Waals surface area contributed by atoms with Crippen molar-refractivity contribution in [1.29, 1.82) is 5.26 Å². The minimum absolute atomic E-state index is 0.0768. The molecule has 0 unspecified atom stereocenters. The van der Waals surface area contributed by atoms with Gasteiger partial charge in [-0.3, -0.25) is 4.79 Å². The molecule has 0 aliphatic carbocycles. The van der Waals surface area contributed by atoms with Gasteiger partial charge in [0.25, 0.3) is 0 Å². The van der Waals surface area contributed by atoms with Crippen LogP contribution in [0.1, 0.15) is 37.8 Å². The highest BCUT2D eigenvalue weighted by Gasteiger charge is 2.33. The van der Waals surface area contributed by atoms with Crippen molar-refractivity contribution in [1.82, 2.24) is 9.97 Å². The van der Waals surface area contributed by atoms with E-state index in [0.717, 1.165) is 28.9 Å². The number of rotatable bonds is 9. The van der Waals surface area contributed by atoms with Gasteiger partial charge in [0, 0.05) is 31.5 Å². The number of aryl methyl sites for hydroxylation is 1. The number of aromatic nitrogens is 2. The average Bonchev–Trinajstić information content (AvgIpc) is 2.98. The van der Waals surface area contributed by atoms with Gasteiger partial charge < -0.3 is 25.0 Å². The number of ether oxygens (including phenoxy) is 2. The van der Waals surface area contributed by atoms with Crippen molar-refractivity contribution in [2.75, 3.05) is 42.4 Å². The lowest BCUT2D eigenvalue weighted by atomic mass is 9.80. The topological polar surface area (TPSA) is 112 Å². The average molecular weight is 535 g/mol. The highest BCUT2D eigenvalue weighted by atomic mass is 35.5. The Balaban J connectivity index is 1.65. The number of para-hydroxylation sites is 1. The number of carbonyl (C=O) groups is 1. The van der Waals surface area contributed by atoms with Gasteiger partial charge in [0.15, 0.2) is 12.4 Å². The number of hydrogen-bond donors (Lipinski definition) is 2. The maximum atomic E-state index is 13.0. The molecule has 2 heterocycles. The van der Waals surface area contributed by atoms with Gasteiger partial charge in [-0.15, -0.1) is 0 Å². The van der Waals surface area contributed by atoms with Crippen molar-refractivity contribution >= 4 is 46.3 Å². The first-order chi connectivity index (χ1) is 18.2. The number of hydrogen-bond acceptors (Lipinski definition) is 8. The Morgan fingerprint density at radius 1 is 1.24 bits per heavy atom. The number of methoxy groups -OCH3 is 1. The second-order valence-electron chi connectivity index (χ2n) is 9.69. The summed E-state index contributed by atoms with van der Waals surface area (Å²) in [6.45, 7) is 7.07. The van der Waals surface area contributed by atoms with Crippen molar-refractivity contribution in [3.63, 3.8) is 0 Å². The molecular formula is C28H31ClN6O3. The summed E-state index contributed by atoms with van der Waals surface area (Å²) in [7, 11) is 1.63. The summed E-state index contributed by atoms with van der Waals surface area (Å²) in [6, 6.07) is 13.5. The first-order valence-corrected chi connectivity index (χ1v) is 12.7. The molecular weight excluding hydrogens is 504 g/mol. The molecule has 1 aromatic heterocycles. The summed E-state index contributed by atoms with van der Waals surface area (Å²) < 4.78 is 10.8. The Labute approximate surface area is 227 Å². The third-order valence-corrected chi connectivity index (χ3v) is 6.85. The maximum absolute atomic E-state index is 13.0. The smallest absolute Gasteiger partial charge is 0.229 e. The number of nitriles is 1. The summed E-state index contributed by atoms with van der Waals surface area (Å²) in [6.07, 6.45) is 2.75. The zero-order valence-corrected chi connectivity index (χ0v) is 22.7. The van der Waals surface area contributed by atoms with Crippen molar-refractivity contribution in [3.05, 3.63) is 58.7 Å². The summed E-state index contributed by atoms with van der Waals surface area (Å²) in [5.41, 5.74) is 4.10. The van der Waals surface area contributed by atoms with E-state index < -0.39 is 0 Å². The Morgan fingerprint density at radius 2 is 2.05 bits per heavy atom. The molecule has 0 saturated heterocycles. The number of amides is 1. The van der Waals surface area contributed by atoms with E-state index in [9.17, 15) is 4.79 Å². The number of nitrogens with one attached hydrogen (secondary N) is 2. The molecule has 4 rings (SSSR count). The van der Waals surface area contributed by atoms with E-state index in [4.69, 9.17) is 26.3 Å².